The number of hydrogen-bond acceptors (Lipinski definition) is 2. The van der Waals surface area contributed by atoms with Crippen LogP contribution >= 0.6 is 0 Å². The summed E-state index contributed by atoms with van der Waals surface area (Å²) in [4.78, 5) is 0.401. The number of rotatable bonds is 5. The molecule has 2 aliphatic carbocycles. The molecule has 1 aromatic rings. The molecule has 0 aromatic heterocycles. The Hall–Kier alpha value is -0.870. The van der Waals surface area contributed by atoms with Crippen LogP contribution in [0.5, 0.6) is 0 Å². The minimum absolute atomic E-state index is 0.401. The molecule has 110 valence electrons. The van der Waals surface area contributed by atoms with Crippen molar-refractivity contribution < 1.29 is 8.42 Å². The predicted octanol–water partition coefficient (Wildman–Crippen LogP) is 3.42. The molecule has 0 atom stereocenters. The number of benzene rings is 1. The first kappa shape index (κ1) is 14.1. The predicted molar refractivity (Wildman–Crippen MR) is 80.2 cm³/mol. The first-order chi connectivity index (χ1) is 9.65. The van der Waals surface area contributed by atoms with Gasteiger partial charge in [0.1, 0.15) is 0 Å². The average Bonchev–Trinajstić information content (AvgIpc) is 3.31. The first-order valence-electron chi connectivity index (χ1n) is 7.75. The zero-order valence-electron chi connectivity index (χ0n) is 11.8. The Labute approximate surface area is 121 Å². The Bertz CT molecular complexity index is 540. The topological polar surface area (TPSA) is 46.2 Å². The summed E-state index contributed by atoms with van der Waals surface area (Å²) >= 11 is 0. The van der Waals surface area contributed by atoms with Crippen molar-refractivity contribution in [2.45, 2.75) is 55.8 Å². The largest absolute Gasteiger partial charge is 0.240 e. The summed E-state index contributed by atoms with van der Waals surface area (Å²) in [5, 5.41) is 0. The van der Waals surface area contributed by atoms with E-state index in [1.165, 1.54) is 37.7 Å². The SMILES string of the molecule is O=S(=O)(NCC1CC1)c1ccc(C2CCCCC2)cc1. The van der Waals surface area contributed by atoms with Gasteiger partial charge in [0.25, 0.3) is 0 Å². The maximum absolute atomic E-state index is 12.1. The summed E-state index contributed by atoms with van der Waals surface area (Å²) in [6, 6.07) is 7.53. The van der Waals surface area contributed by atoms with Crippen molar-refractivity contribution in [1.82, 2.24) is 4.72 Å². The summed E-state index contributed by atoms with van der Waals surface area (Å²) in [6.45, 7) is 0.590. The molecule has 0 aliphatic heterocycles. The summed E-state index contributed by atoms with van der Waals surface area (Å²) in [6.07, 6.45) is 8.74. The summed E-state index contributed by atoms with van der Waals surface area (Å²) in [5.41, 5.74) is 1.30. The van der Waals surface area contributed by atoms with Crippen LogP contribution in [0.15, 0.2) is 29.2 Å². The van der Waals surface area contributed by atoms with Gasteiger partial charge in [-0.2, -0.15) is 0 Å². The van der Waals surface area contributed by atoms with Gasteiger partial charge in [0.2, 0.25) is 10.0 Å². The molecule has 2 aliphatic rings. The fourth-order valence-corrected chi connectivity index (χ4v) is 4.10. The molecule has 1 N–H and O–H groups in total. The second-order valence-electron chi connectivity index (χ2n) is 6.20. The third-order valence-electron chi connectivity index (χ3n) is 4.53. The molecular formula is C16H23NO2S. The Kier molecular flexibility index (Phi) is 4.13. The average molecular weight is 293 g/mol. The van der Waals surface area contributed by atoms with Gasteiger partial charge in [-0.15, -0.1) is 0 Å². The fraction of sp³-hybridized carbons (Fsp3) is 0.625. The smallest absolute Gasteiger partial charge is 0.211 e. The van der Waals surface area contributed by atoms with Crippen LogP contribution in [0.2, 0.25) is 0 Å². The lowest BCUT2D eigenvalue weighted by atomic mass is 9.84. The van der Waals surface area contributed by atoms with Crippen LogP contribution in [-0.2, 0) is 10.0 Å². The van der Waals surface area contributed by atoms with Gasteiger partial charge in [-0.3, -0.25) is 0 Å². The monoisotopic (exact) mass is 293 g/mol. The van der Waals surface area contributed by atoms with Gasteiger partial charge in [-0.25, -0.2) is 13.1 Å². The maximum Gasteiger partial charge on any atom is 0.240 e. The highest BCUT2D eigenvalue weighted by Crippen LogP contribution is 2.33. The molecule has 0 heterocycles. The molecule has 0 unspecified atom stereocenters. The second-order valence-corrected chi connectivity index (χ2v) is 7.97. The quantitative estimate of drug-likeness (QED) is 0.904. The van der Waals surface area contributed by atoms with Crippen molar-refractivity contribution in [3.05, 3.63) is 29.8 Å². The zero-order chi connectivity index (χ0) is 14.0. The van der Waals surface area contributed by atoms with Gasteiger partial charge in [-0.05, 0) is 55.2 Å². The van der Waals surface area contributed by atoms with Crippen LogP contribution in [0.25, 0.3) is 0 Å². The summed E-state index contributed by atoms with van der Waals surface area (Å²) < 4.78 is 27.0. The molecular weight excluding hydrogens is 270 g/mol. The van der Waals surface area contributed by atoms with Gasteiger partial charge in [0.15, 0.2) is 0 Å². The number of sulfonamides is 1. The second kappa shape index (κ2) is 5.86. The number of hydrogen-bond donors (Lipinski definition) is 1. The molecule has 3 rings (SSSR count). The molecule has 20 heavy (non-hydrogen) atoms. The van der Waals surface area contributed by atoms with Gasteiger partial charge < -0.3 is 0 Å². The Balaban J connectivity index is 1.67. The molecule has 1 aromatic carbocycles. The highest BCUT2D eigenvalue weighted by molar-refractivity contribution is 7.89. The first-order valence-corrected chi connectivity index (χ1v) is 9.23. The Morgan fingerprint density at radius 2 is 1.60 bits per heavy atom. The highest BCUT2D eigenvalue weighted by Gasteiger charge is 2.24. The third kappa shape index (κ3) is 3.41. The standard InChI is InChI=1S/C16H23NO2S/c18-20(19,17-12-13-6-7-13)16-10-8-15(9-11-16)14-4-2-1-3-5-14/h8-11,13-14,17H,1-7,12H2. The van der Waals surface area contributed by atoms with Crippen molar-refractivity contribution in [2.24, 2.45) is 5.92 Å². The third-order valence-corrected chi connectivity index (χ3v) is 5.97. The lowest BCUT2D eigenvalue weighted by Gasteiger charge is -2.22. The Morgan fingerprint density at radius 1 is 0.950 bits per heavy atom. The van der Waals surface area contributed by atoms with Crippen LogP contribution < -0.4 is 4.72 Å². The van der Waals surface area contributed by atoms with Gasteiger partial charge in [-0.1, -0.05) is 31.4 Å². The fourth-order valence-electron chi connectivity index (χ4n) is 2.99. The molecule has 0 spiro atoms. The molecule has 2 saturated carbocycles. The van der Waals surface area contributed by atoms with E-state index in [0.29, 0.717) is 23.3 Å². The normalized spacial score (nSPS) is 21.0. The molecule has 3 nitrogen and oxygen atoms in total. The van der Waals surface area contributed by atoms with Gasteiger partial charge in [0, 0.05) is 6.54 Å². The number of nitrogens with one attached hydrogen (secondary N) is 1. The lowest BCUT2D eigenvalue weighted by Crippen LogP contribution is -2.25. The minimum atomic E-state index is -3.31. The molecule has 0 saturated heterocycles. The summed E-state index contributed by atoms with van der Waals surface area (Å²) in [7, 11) is -3.31. The van der Waals surface area contributed by atoms with Gasteiger partial charge in [0.05, 0.1) is 4.90 Å². The molecule has 4 heteroatoms. The van der Waals surface area contributed by atoms with E-state index >= 15 is 0 Å². The molecule has 2 fully saturated rings. The molecule has 0 radical (unpaired) electrons. The van der Waals surface area contributed by atoms with E-state index < -0.39 is 10.0 Å². The van der Waals surface area contributed by atoms with Gasteiger partial charge >= 0.3 is 0 Å². The van der Waals surface area contributed by atoms with Crippen LogP contribution in [0.3, 0.4) is 0 Å². The van der Waals surface area contributed by atoms with E-state index in [1.807, 2.05) is 12.1 Å². The Morgan fingerprint density at radius 3 is 2.20 bits per heavy atom. The van der Waals surface area contributed by atoms with Crippen LogP contribution in [-0.4, -0.2) is 15.0 Å². The molecule has 0 bridgehead atoms. The van der Waals surface area contributed by atoms with Crippen LogP contribution in [0.1, 0.15) is 56.4 Å². The maximum atomic E-state index is 12.1. The van der Waals surface area contributed by atoms with Crippen molar-refractivity contribution >= 4 is 10.0 Å². The van der Waals surface area contributed by atoms with Crippen LogP contribution in [0, 0.1) is 5.92 Å². The lowest BCUT2D eigenvalue weighted by molar-refractivity contribution is 0.443. The van der Waals surface area contributed by atoms with Crippen molar-refractivity contribution in [2.75, 3.05) is 6.54 Å². The highest BCUT2D eigenvalue weighted by atomic mass is 32.2. The van der Waals surface area contributed by atoms with E-state index in [1.54, 1.807) is 12.1 Å². The summed E-state index contributed by atoms with van der Waals surface area (Å²) in [5.74, 6) is 1.19. The van der Waals surface area contributed by atoms with Crippen molar-refractivity contribution in [1.29, 1.82) is 0 Å². The molecule has 0 amide bonds. The van der Waals surface area contributed by atoms with Crippen molar-refractivity contribution in [3.8, 4) is 0 Å². The van der Waals surface area contributed by atoms with E-state index in [0.717, 1.165) is 12.8 Å². The van der Waals surface area contributed by atoms with E-state index in [-0.39, 0.29) is 0 Å². The van der Waals surface area contributed by atoms with E-state index in [9.17, 15) is 8.42 Å². The minimum Gasteiger partial charge on any atom is -0.211 e. The van der Waals surface area contributed by atoms with E-state index in [4.69, 9.17) is 0 Å². The van der Waals surface area contributed by atoms with E-state index in [2.05, 4.69) is 4.72 Å². The van der Waals surface area contributed by atoms with Crippen molar-refractivity contribution in [3.63, 3.8) is 0 Å². The zero-order valence-corrected chi connectivity index (χ0v) is 12.7. The van der Waals surface area contributed by atoms with Crippen LogP contribution in [0.4, 0.5) is 0 Å².